The number of allylic oxidation sites excluding steroid dienone is 1. The molecule has 0 spiro atoms. The van der Waals surface area contributed by atoms with Crippen LogP contribution in [0.15, 0.2) is 59.1 Å². The van der Waals surface area contributed by atoms with Gasteiger partial charge in [0.05, 0.1) is 14.2 Å². The van der Waals surface area contributed by atoms with E-state index in [4.69, 9.17) is 9.47 Å². The second kappa shape index (κ2) is 11.6. The van der Waals surface area contributed by atoms with Gasteiger partial charge >= 0.3 is 5.97 Å². The van der Waals surface area contributed by atoms with E-state index in [0.29, 0.717) is 34.7 Å². The molecule has 2 aromatic carbocycles. The topological polar surface area (TPSA) is 97.7 Å². The molecule has 31 heavy (non-hydrogen) atoms. The summed E-state index contributed by atoms with van der Waals surface area (Å²) in [6.07, 6.45) is 3.53. The fourth-order valence-electron chi connectivity index (χ4n) is 2.66. The van der Waals surface area contributed by atoms with Crippen molar-refractivity contribution < 1.29 is 23.8 Å². The number of ether oxygens (including phenoxy) is 3. The lowest BCUT2D eigenvalue weighted by molar-refractivity contribution is -0.142. The molecule has 0 bridgehead atoms. The summed E-state index contributed by atoms with van der Waals surface area (Å²) < 4.78 is 16.4. The van der Waals surface area contributed by atoms with Crippen molar-refractivity contribution in [2.24, 2.45) is 0 Å². The fraction of sp³-hybridized carbons (Fsp3) is 0.174. The van der Waals surface area contributed by atoms with Gasteiger partial charge in [-0.05, 0) is 48.4 Å². The Bertz CT molecular complexity index is 1060. The minimum absolute atomic E-state index is 0.0881. The zero-order valence-corrected chi connectivity index (χ0v) is 18.7. The van der Waals surface area contributed by atoms with Gasteiger partial charge in [-0.1, -0.05) is 28.1 Å². The second-order valence-corrected chi connectivity index (χ2v) is 7.12. The summed E-state index contributed by atoms with van der Waals surface area (Å²) >= 11 is 3.34. The fourth-order valence-corrected chi connectivity index (χ4v) is 3.06. The molecule has 0 aliphatic carbocycles. The van der Waals surface area contributed by atoms with E-state index in [-0.39, 0.29) is 12.2 Å². The summed E-state index contributed by atoms with van der Waals surface area (Å²) in [5.74, 6) is -0.372. The van der Waals surface area contributed by atoms with Crippen molar-refractivity contribution in [3.8, 4) is 17.6 Å². The number of halogens is 1. The number of methoxy groups -OCH3 is 2. The van der Waals surface area contributed by atoms with Crippen LogP contribution in [-0.2, 0) is 20.7 Å². The number of anilines is 1. The quantitative estimate of drug-likeness (QED) is 0.247. The molecule has 1 amide bonds. The number of carbonyl (C=O) groups is 2. The Balaban J connectivity index is 2.38. The maximum atomic E-state index is 12.6. The van der Waals surface area contributed by atoms with Gasteiger partial charge < -0.3 is 19.5 Å². The maximum absolute atomic E-state index is 12.6. The van der Waals surface area contributed by atoms with Gasteiger partial charge in [0.25, 0.3) is 5.91 Å². The van der Waals surface area contributed by atoms with Crippen LogP contribution in [0, 0.1) is 11.3 Å². The molecule has 7 nitrogen and oxygen atoms in total. The summed E-state index contributed by atoms with van der Waals surface area (Å²) in [4.78, 5) is 24.0. The number of rotatable bonds is 9. The second-order valence-electron chi connectivity index (χ2n) is 6.20. The first kappa shape index (κ1) is 23.7. The Hall–Kier alpha value is -3.57. The number of benzene rings is 2. The first-order valence-corrected chi connectivity index (χ1v) is 9.91. The smallest absolute Gasteiger partial charge is 0.343 e. The SMILES string of the molecule is C=CCc1cc(/C=C(/C#N)C(=O)Nc2cccc(Br)c2)cc(OC)c1OCC(=O)OC. The molecule has 2 aromatic rings. The molecule has 0 fully saturated rings. The predicted molar refractivity (Wildman–Crippen MR) is 121 cm³/mol. The highest BCUT2D eigenvalue weighted by molar-refractivity contribution is 9.10. The lowest BCUT2D eigenvalue weighted by Gasteiger charge is -2.15. The number of nitriles is 1. The van der Waals surface area contributed by atoms with Crippen LogP contribution in [0.1, 0.15) is 11.1 Å². The highest BCUT2D eigenvalue weighted by Crippen LogP contribution is 2.34. The van der Waals surface area contributed by atoms with Gasteiger partial charge in [0.15, 0.2) is 18.1 Å². The van der Waals surface area contributed by atoms with Crippen LogP contribution >= 0.6 is 15.9 Å². The van der Waals surface area contributed by atoms with Gasteiger partial charge in [0.2, 0.25) is 0 Å². The maximum Gasteiger partial charge on any atom is 0.343 e. The van der Waals surface area contributed by atoms with E-state index in [1.165, 1.54) is 20.3 Å². The van der Waals surface area contributed by atoms with Crippen molar-refractivity contribution in [1.29, 1.82) is 5.26 Å². The number of nitrogens with zero attached hydrogens (tertiary/aromatic N) is 1. The molecule has 0 heterocycles. The third kappa shape index (κ3) is 6.73. The van der Waals surface area contributed by atoms with E-state index in [1.807, 2.05) is 12.1 Å². The zero-order valence-electron chi connectivity index (χ0n) is 17.1. The van der Waals surface area contributed by atoms with Crippen LogP contribution in [0.4, 0.5) is 5.69 Å². The Morgan fingerprint density at radius 3 is 2.65 bits per heavy atom. The molecular weight excluding hydrogens is 464 g/mol. The van der Waals surface area contributed by atoms with Crippen LogP contribution in [-0.4, -0.2) is 32.7 Å². The predicted octanol–water partition coefficient (Wildman–Crippen LogP) is 4.28. The molecule has 8 heteroatoms. The van der Waals surface area contributed by atoms with E-state index in [9.17, 15) is 14.9 Å². The van der Waals surface area contributed by atoms with Crippen molar-refractivity contribution >= 4 is 39.6 Å². The van der Waals surface area contributed by atoms with Crippen molar-refractivity contribution in [1.82, 2.24) is 0 Å². The molecule has 2 rings (SSSR count). The van der Waals surface area contributed by atoms with E-state index in [2.05, 4.69) is 32.6 Å². The number of hydrogen-bond acceptors (Lipinski definition) is 6. The van der Waals surface area contributed by atoms with E-state index >= 15 is 0 Å². The minimum atomic E-state index is -0.546. The monoisotopic (exact) mass is 484 g/mol. The van der Waals surface area contributed by atoms with Crippen molar-refractivity contribution in [2.75, 3.05) is 26.1 Å². The summed E-state index contributed by atoms with van der Waals surface area (Å²) in [6, 6.07) is 12.3. The van der Waals surface area contributed by atoms with Crippen molar-refractivity contribution in [3.05, 3.63) is 70.2 Å². The summed E-state index contributed by atoms with van der Waals surface area (Å²) in [5, 5.41) is 12.2. The average Bonchev–Trinajstić information content (AvgIpc) is 2.76. The van der Waals surface area contributed by atoms with Gasteiger partial charge in [-0.15, -0.1) is 6.58 Å². The lowest BCUT2D eigenvalue weighted by atomic mass is 10.0. The number of nitrogens with one attached hydrogen (secondary N) is 1. The first-order valence-electron chi connectivity index (χ1n) is 9.12. The Morgan fingerprint density at radius 1 is 1.26 bits per heavy atom. The van der Waals surface area contributed by atoms with Crippen LogP contribution in [0.3, 0.4) is 0 Å². The van der Waals surface area contributed by atoms with Crippen LogP contribution in [0.25, 0.3) is 6.08 Å². The molecular formula is C23H21BrN2O5. The van der Waals surface area contributed by atoms with Crippen molar-refractivity contribution in [2.45, 2.75) is 6.42 Å². The van der Waals surface area contributed by atoms with Crippen LogP contribution in [0.2, 0.25) is 0 Å². The summed E-state index contributed by atoms with van der Waals surface area (Å²) in [7, 11) is 2.72. The Labute approximate surface area is 189 Å². The standard InChI is InChI=1S/C23H21BrN2O5/c1-4-6-16-9-15(11-20(29-2)22(16)31-14-21(27)30-3)10-17(13-25)23(28)26-19-8-5-7-18(24)12-19/h4-5,7-12H,1,6,14H2,2-3H3,(H,26,28)/b17-10-. The van der Waals surface area contributed by atoms with Gasteiger partial charge in [-0.25, -0.2) is 4.79 Å². The number of carbonyl (C=O) groups excluding carboxylic acids is 2. The molecule has 0 aliphatic heterocycles. The molecule has 0 aliphatic rings. The van der Waals surface area contributed by atoms with Gasteiger partial charge in [0.1, 0.15) is 11.6 Å². The molecule has 160 valence electrons. The first-order chi connectivity index (χ1) is 14.9. The van der Waals surface area contributed by atoms with Gasteiger partial charge in [0, 0.05) is 15.7 Å². The molecule has 0 atom stereocenters. The number of esters is 1. The summed E-state index contributed by atoms with van der Waals surface area (Å²) in [5.41, 5.74) is 1.70. The van der Waals surface area contributed by atoms with E-state index < -0.39 is 11.9 Å². The normalized spacial score (nSPS) is 10.6. The van der Waals surface area contributed by atoms with E-state index in [0.717, 1.165) is 4.47 Å². The van der Waals surface area contributed by atoms with E-state index in [1.54, 1.807) is 36.4 Å². The molecule has 1 N–H and O–H groups in total. The summed E-state index contributed by atoms with van der Waals surface area (Å²) in [6.45, 7) is 3.44. The average molecular weight is 485 g/mol. The largest absolute Gasteiger partial charge is 0.493 e. The molecule has 0 saturated carbocycles. The molecule has 0 saturated heterocycles. The van der Waals surface area contributed by atoms with Crippen LogP contribution < -0.4 is 14.8 Å². The van der Waals surface area contributed by atoms with Gasteiger partial charge in [-0.3, -0.25) is 4.79 Å². The number of hydrogen-bond donors (Lipinski definition) is 1. The number of amides is 1. The third-order valence-corrected chi connectivity index (χ3v) is 4.55. The zero-order chi connectivity index (χ0) is 22.8. The Kier molecular flexibility index (Phi) is 8.85. The molecule has 0 unspecified atom stereocenters. The molecule has 0 aromatic heterocycles. The lowest BCUT2D eigenvalue weighted by Crippen LogP contribution is -2.14. The third-order valence-electron chi connectivity index (χ3n) is 4.06. The van der Waals surface area contributed by atoms with Gasteiger partial charge in [-0.2, -0.15) is 5.26 Å². The Morgan fingerprint density at radius 2 is 2.03 bits per heavy atom. The highest BCUT2D eigenvalue weighted by Gasteiger charge is 2.16. The minimum Gasteiger partial charge on any atom is -0.493 e. The molecule has 0 radical (unpaired) electrons. The van der Waals surface area contributed by atoms with Crippen LogP contribution in [0.5, 0.6) is 11.5 Å². The van der Waals surface area contributed by atoms with Crippen molar-refractivity contribution in [3.63, 3.8) is 0 Å². The highest BCUT2D eigenvalue weighted by atomic mass is 79.9.